The van der Waals surface area contributed by atoms with Crippen LogP contribution in [0, 0.1) is 6.92 Å². The fourth-order valence-electron chi connectivity index (χ4n) is 4.34. The molecule has 208 valence electrons. The molecule has 0 saturated heterocycles. The molecular formula is C32H33NO6S. The molecule has 1 amide bonds. The molecule has 7 nitrogen and oxygen atoms in total. The first-order valence-electron chi connectivity index (χ1n) is 12.9. The number of nitrogens with one attached hydrogen (secondary N) is 1. The maximum atomic E-state index is 13.3. The number of thioether (sulfide) groups is 1. The molecule has 0 spiro atoms. The Hall–Kier alpha value is -4.01. The summed E-state index contributed by atoms with van der Waals surface area (Å²) in [4.78, 5) is 25.0. The average Bonchev–Trinajstić information content (AvgIpc) is 3.44. The third kappa shape index (κ3) is 7.34. The largest absolute Gasteiger partial charge is 0.497 e. The van der Waals surface area contributed by atoms with Crippen LogP contribution in [0.5, 0.6) is 5.75 Å². The molecule has 0 unspecified atom stereocenters. The molecule has 1 atom stereocenters. The first kappa shape index (κ1) is 29.0. The van der Waals surface area contributed by atoms with Crippen molar-refractivity contribution >= 4 is 23.6 Å². The molecule has 1 heterocycles. The van der Waals surface area contributed by atoms with Crippen LogP contribution in [-0.2, 0) is 22.7 Å². The van der Waals surface area contributed by atoms with Gasteiger partial charge in [0.2, 0.25) is 0 Å². The maximum absolute atomic E-state index is 13.3. The van der Waals surface area contributed by atoms with Crippen LogP contribution in [0.1, 0.15) is 33.7 Å². The number of carbonyl (C=O) groups is 2. The van der Waals surface area contributed by atoms with Gasteiger partial charge in [0.15, 0.2) is 0 Å². The number of carboxylic acids is 1. The summed E-state index contributed by atoms with van der Waals surface area (Å²) in [5, 5.41) is 12.3. The number of hydrogen-bond donors (Lipinski definition) is 2. The predicted molar refractivity (Wildman–Crippen MR) is 158 cm³/mol. The van der Waals surface area contributed by atoms with E-state index in [0.717, 1.165) is 39.3 Å². The zero-order valence-electron chi connectivity index (χ0n) is 22.8. The second-order valence-corrected chi connectivity index (χ2v) is 10.3. The van der Waals surface area contributed by atoms with Crippen molar-refractivity contribution in [3.63, 3.8) is 0 Å². The Kier molecular flexibility index (Phi) is 10.0. The van der Waals surface area contributed by atoms with Crippen molar-refractivity contribution in [2.45, 2.75) is 32.6 Å². The lowest BCUT2D eigenvalue weighted by atomic mass is 9.93. The van der Waals surface area contributed by atoms with Crippen molar-refractivity contribution in [2.24, 2.45) is 0 Å². The second kappa shape index (κ2) is 13.9. The van der Waals surface area contributed by atoms with Crippen molar-refractivity contribution in [3.8, 4) is 28.2 Å². The Morgan fingerprint density at radius 3 is 2.45 bits per heavy atom. The van der Waals surface area contributed by atoms with Gasteiger partial charge in [-0.25, -0.2) is 4.79 Å². The van der Waals surface area contributed by atoms with Crippen LogP contribution in [0.2, 0.25) is 0 Å². The van der Waals surface area contributed by atoms with Crippen molar-refractivity contribution in [2.75, 3.05) is 19.1 Å². The van der Waals surface area contributed by atoms with Crippen LogP contribution >= 0.6 is 11.8 Å². The van der Waals surface area contributed by atoms with E-state index in [9.17, 15) is 14.7 Å². The van der Waals surface area contributed by atoms with E-state index in [1.54, 1.807) is 24.9 Å². The quantitative estimate of drug-likeness (QED) is 0.191. The Morgan fingerprint density at radius 2 is 1.75 bits per heavy atom. The number of ether oxygens (including phenoxy) is 2. The number of benzene rings is 3. The van der Waals surface area contributed by atoms with Crippen LogP contribution in [0.4, 0.5) is 0 Å². The van der Waals surface area contributed by atoms with E-state index in [2.05, 4.69) is 5.32 Å². The minimum Gasteiger partial charge on any atom is -0.497 e. The molecule has 0 aliphatic heterocycles. The molecule has 0 bridgehead atoms. The second-order valence-electron chi connectivity index (χ2n) is 9.33. The van der Waals surface area contributed by atoms with Crippen molar-refractivity contribution < 1.29 is 28.6 Å². The monoisotopic (exact) mass is 559 g/mol. The van der Waals surface area contributed by atoms with Crippen LogP contribution in [0.15, 0.2) is 83.3 Å². The molecule has 0 fully saturated rings. The summed E-state index contributed by atoms with van der Waals surface area (Å²) in [5.74, 6) is 1.40. The van der Waals surface area contributed by atoms with E-state index >= 15 is 0 Å². The lowest BCUT2D eigenvalue weighted by Gasteiger charge is -2.17. The summed E-state index contributed by atoms with van der Waals surface area (Å²) in [6, 6.07) is 23.8. The van der Waals surface area contributed by atoms with Crippen LogP contribution in [-0.4, -0.2) is 42.1 Å². The molecule has 0 aliphatic rings. The first-order chi connectivity index (χ1) is 19.4. The highest BCUT2D eigenvalue weighted by Gasteiger charge is 2.22. The Bertz CT molecular complexity index is 1450. The number of furan rings is 1. The number of amides is 1. The van der Waals surface area contributed by atoms with Gasteiger partial charge < -0.3 is 24.3 Å². The molecule has 1 aromatic heterocycles. The van der Waals surface area contributed by atoms with E-state index in [-0.39, 0.29) is 6.61 Å². The Morgan fingerprint density at radius 1 is 0.975 bits per heavy atom. The summed E-state index contributed by atoms with van der Waals surface area (Å²) < 4.78 is 17.1. The number of carbonyl (C=O) groups excluding carboxylic acids is 1. The van der Waals surface area contributed by atoms with E-state index < -0.39 is 17.9 Å². The number of carboxylic acid groups (broad SMARTS) is 1. The molecule has 0 radical (unpaired) electrons. The summed E-state index contributed by atoms with van der Waals surface area (Å²) >= 11 is 1.54. The van der Waals surface area contributed by atoms with Gasteiger partial charge in [-0.15, -0.1) is 0 Å². The zero-order chi connectivity index (χ0) is 28.5. The molecule has 40 heavy (non-hydrogen) atoms. The van der Waals surface area contributed by atoms with Crippen molar-refractivity contribution in [1.29, 1.82) is 0 Å². The van der Waals surface area contributed by atoms with Gasteiger partial charge in [-0.3, -0.25) is 4.79 Å². The van der Waals surface area contributed by atoms with Crippen LogP contribution in [0.25, 0.3) is 22.5 Å². The van der Waals surface area contributed by atoms with Crippen LogP contribution in [0.3, 0.4) is 0 Å². The van der Waals surface area contributed by atoms with Gasteiger partial charge in [0, 0.05) is 11.1 Å². The fraction of sp³-hybridized carbons (Fsp3) is 0.250. The molecule has 4 aromatic rings. The van der Waals surface area contributed by atoms with Gasteiger partial charge in [0.05, 0.1) is 13.7 Å². The van der Waals surface area contributed by atoms with Gasteiger partial charge in [0.1, 0.15) is 29.9 Å². The van der Waals surface area contributed by atoms with Crippen LogP contribution < -0.4 is 10.1 Å². The highest BCUT2D eigenvalue weighted by atomic mass is 32.2. The number of methoxy groups -OCH3 is 1. The van der Waals surface area contributed by atoms with Gasteiger partial charge >= 0.3 is 5.97 Å². The topological polar surface area (TPSA) is 98.0 Å². The third-order valence-electron chi connectivity index (χ3n) is 6.53. The molecule has 2 N–H and O–H groups in total. The normalized spacial score (nSPS) is 11.7. The van der Waals surface area contributed by atoms with E-state index in [0.29, 0.717) is 30.1 Å². The minimum atomic E-state index is -1.04. The van der Waals surface area contributed by atoms with E-state index in [1.165, 1.54) is 0 Å². The van der Waals surface area contributed by atoms with Gasteiger partial charge in [-0.1, -0.05) is 30.3 Å². The molecule has 0 aliphatic carbocycles. The number of aryl methyl sites for hydroxylation is 1. The summed E-state index contributed by atoms with van der Waals surface area (Å²) in [7, 11) is 1.63. The number of rotatable bonds is 13. The van der Waals surface area contributed by atoms with Crippen molar-refractivity contribution in [3.05, 3.63) is 101 Å². The Labute approximate surface area is 238 Å². The van der Waals surface area contributed by atoms with Gasteiger partial charge in [-0.2, -0.15) is 11.8 Å². The molecular weight excluding hydrogens is 526 g/mol. The molecule has 8 heteroatoms. The lowest BCUT2D eigenvalue weighted by Crippen LogP contribution is -2.41. The van der Waals surface area contributed by atoms with Crippen molar-refractivity contribution in [1.82, 2.24) is 5.32 Å². The zero-order valence-corrected chi connectivity index (χ0v) is 23.6. The highest BCUT2D eigenvalue weighted by molar-refractivity contribution is 7.98. The van der Waals surface area contributed by atoms with E-state index in [1.807, 2.05) is 86.0 Å². The first-order valence-corrected chi connectivity index (χ1v) is 14.3. The summed E-state index contributed by atoms with van der Waals surface area (Å²) in [6.45, 7) is 2.58. The molecule has 3 aromatic carbocycles. The van der Waals surface area contributed by atoms with Gasteiger partial charge in [0.25, 0.3) is 5.91 Å². The summed E-state index contributed by atoms with van der Waals surface area (Å²) in [6.07, 6.45) is 2.25. The van der Waals surface area contributed by atoms with Gasteiger partial charge in [-0.05, 0) is 96.1 Å². The standard InChI is InChI=1S/C32H33NO6S/c1-21-6-4-5-7-26(21)28-18-22(8-14-27(28)31(34)33-29(32(35)36)16-17-40-3)19-38-20-25-13-15-30(39-25)23-9-11-24(37-2)12-10-23/h4-15,18,29H,16-17,19-20H2,1-3H3,(H,33,34)(H,35,36)/t29-/m0/s1. The minimum absolute atomic E-state index is 0.286. The summed E-state index contributed by atoms with van der Waals surface area (Å²) in [5.41, 5.74) is 4.89. The number of hydrogen-bond acceptors (Lipinski definition) is 6. The predicted octanol–water partition coefficient (Wildman–Crippen LogP) is 6.58. The highest BCUT2D eigenvalue weighted by Crippen LogP contribution is 2.29. The SMILES string of the molecule is COc1ccc(-c2ccc(COCc3ccc(C(=O)N[C@@H](CCSC)C(=O)O)c(-c4ccccc4C)c3)o2)cc1. The third-order valence-corrected chi connectivity index (χ3v) is 7.17. The molecule has 4 rings (SSSR count). The number of aliphatic carboxylic acids is 1. The maximum Gasteiger partial charge on any atom is 0.326 e. The smallest absolute Gasteiger partial charge is 0.326 e. The average molecular weight is 560 g/mol. The Balaban J connectivity index is 1.49. The lowest BCUT2D eigenvalue weighted by molar-refractivity contribution is -0.139. The molecule has 0 saturated carbocycles. The van der Waals surface area contributed by atoms with E-state index in [4.69, 9.17) is 13.9 Å². The fourth-order valence-corrected chi connectivity index (χ4v) is 4.81.